The van der Waals surface area contributed by atoms with Gasteiger partial charge < -0.3 is 19.9 Å². The van der Waals surface area contributed by atoms with Crippen molar-refractivity contribution in [2.24, 2.45) is 17.5 Å². The van der Waals surface area contributed by atoms with Crippen molar-refractivity contribution < 1.29 is 4.74 Å². The van der Waals surface area contributed by atoms with Gasteiger partial charge in [0.1, 0.15) is 12.4 Å². The molecule has 0 bridgehead atoms. The molecule has 0 spiro atoms. The topological polar surface area (TPSA) is 76.4 Å². The smallest absolute Gasteiger partial charge is 0.191 e. The molecule has 0 aromatic carbocycles. The van der Waals surface area contributed by atoms with E-state index in [-0.39, 0.29) is 0 Å². The highest BCUT2D eigenvalue weighted by Gasteiger charge is 2.36. The molecule has 0 saturated heterocycles. The lowest BCUT2D eigenvalue weighted by atomic mass is 9.67. The van der Waals surface area contributed by atoms with Crippen LogP contribution in [0.3, 0.4) is 0 Å². The molecule has 23 heavy (non-hydrogen) atoms. The number of nitrogens with zero attached hydrogens (tertiary/aromatic N) is 4. The van der Waals surface area contributed by atoms with Crippen LogP contribution in [-0.2, 0) is 18.3 Å². The van der Waals surface area contributed by atoms with Gasteiger partial charge in [0, 0.05) is 33.9 Å². The molecule has 2 N–H and O–H groups in total. The number of guanidine groups is 1. The SMILES string of the molecule is CCNC(=NCc1nnc(C)n1C)NCC1(CCOC)CCC1. The summed E-state index contributed by atoms with van der Waals surface area (Å²) in [5.74, 6) is 2.62. The van der Waals surface area contributed by atoms with E-state index in [0.29, 0.717) is 12.0 Å². The maximum Gasteiger partial charge on any atom is 0.191 e. The molecular formula is C16H30N6O. The van der Waals surface area contributed by atoms with Gasteiger partial charge in [-0.25, -0.2) is 4.99 Å². The molecule has 1 aliphatic rings. The Morgan fingerprint density at radius 3 is 2.65 bits per heavy atom. The second kappa shape index (κ2) is 8.29. The first-order valence-corrected chi connectivity index (χ1v) is 8.46. The predicted molar refractivity (Wildman–Crippen MR) is 91.3 cm³/mol. The fourth-order valence-electron chi connectivity index (χ4n) is 2.86. The molecule has 0 unspecified atom stereocenters. The number of nitrogens with one attached hydrogen (secondary N) is 2. The zero-order chi connectivity index (χ0) is 16.7. The van der Waals surface area contributed by atoms with E-state index in [0.717, 1.165) is 43.7 Å². The summed E-state index contributed by atoms with van der Waals surface area (Å²) in [6, 6.07) is 0. The number of rotatable bonds is 8. The lowest BCUT2D eigenvalue weighted by Gasteiger charge is -2.42. The van der Waals surface area contributed by atoms with E-state index in [1.165, 1.54) is 19.3 Å². The highest BCUT2D eigenvalue weighted by molar-refractivity contribution is 5.79. The minimum Gasteiger partial charge on any atom is -0.385 e. The molecule has 1 aliphatic carbocycles. The Morgan fingerprint density at radius 1 is 1.35 bits per heavy atom. The minimum atomic E-state index is 0.369. The van der Waals surface area contributed by atoms with Crippen LogP contribution in [0.5, 0.6) is 0 Å². The number of methoxy groups -OCH3 is 1. The van der Waals surface area contributed by atoms with E-state index in [4.69, 9.17) is 4.74 Å². The van der Waals surface area contributed by atoms with Crippen molar-refractivity contribution in [2.45, 2.75) is 46.1 Å². The second-order valence-corrected chi connectivity index (χ2v) is 6.37. The lowest BCUT2D eigenvalue weighted by Crippen LogP contribution is -2.47. The lowest BCUT2D eigenvalue weighted by molar-refractivity contribution is 0.0732. The van der Waals surface area contributed by atoms with Crippen molar-refractivity contribution in [1.29, 1.82) is 0 Å². The third-order valence-electron chi connectivity index (χ3n) is 4.79. The van der Waals surface area contributed by atoms with E-state index in [1.807, 2.05) is 18.5 Å². The van der Waals surface area contributed by atoms with Crippen LogP contribution in [-0.4, -0.2) is 47.5 Å². The minimum absolute atomic E-state index is 0.369. The number of hydrogen-bond acceptors (Lipinski definition) is 4. The fraction of sp³-hybridized carbons (Fsp3) is 0.812. The molecule has 1 aromatic rings. The van der Waals surface area contributed by atoms with Crippen molar-refractivity contribution in [2.75, 3.05) is 26.8 Å². The molecule has 7 heteroatoms. The zero-order valence-corrected chi connectivity index (χ0v) is 14.9. The highest BCUT2D eigenvalue weighted by Crippen LogP contribution is 2.43. The quantitative estimate of drug-likeness (QED) is 0.559. The van der Waals surface area contributed by atoms with E-state index in [2.05, 4.69) is 32.7 Å². The summed E-state index contributed by atoms with van der Waals surface area (Å²) in [6.45, 7) is 7.16. The van der Waals surface area contributed by atoms with Crippen molar-refractivity contribution in [3.8, 4) is 0 Å². The number of aromatic nitrogens is 3. The van der Waals surface area contributed by atoms with E-state index < -0.39 is 0 Å². The monoisotopic (exact) mass is 322 g/mol. The summed E-state index contributed by atoms with van der Waals surface area (Å²) in [7, 11) is 3.74. The standard InChI is InChI=1S/C16H30N6O/c1-5-17-15(18-11-14-21-20-13(2)22(14)3)19-12-16(7-6-8-16)9-10-23-4/h5-12H2,1-4H3,(H2,17,18,19). The van der Waals surface area contributed by atoms with Gasteiger partial charge in [-0.1, -0.05) is 6.42 Å². The number of aryl methyl sites for hydroxylation is 1. The van der Waals surface area contributed by atoms with Crippen molar-refractivity contribution in [3.05, 3.63) is 11.6 Å². The van der Waals surface area contributed by atoms with Gasteiger partial charge in [0.2, 0.25) is 0 Å². The number of hydrogen-bond donors (Lipinski definition) is 2. The third kappa shape index (κ3) is 4.67. The molecule has 2 rings (SSSR count). The normalized spacial score (nSPS) is 17.0. The van der Waals surface area contributed by atoms with E-state index in [9.17, 15) is 0 Å². The van der Waals surface area contributed by atoms with Gasteiger partial charge in [0.15, 0.2) is 11.8 Å². The van der Waals surface area contributed by atoms with Gasteiger partial charge in [-0.2, -0.15) is 0 Å². The van der Waals surface area contributed by atoms with Crippen LogP contribution in [0.1, 0.15) is 44.3 Å². The third-order valence-corrected chi connectivity index (χ3v) is 4.79. The maximum atomic E-state index is 5.26. The molecule has 130 valence electrons. The van der Waals surface area contributed by atoms with Crippen LogP contribution in [0.15, 0.2) is 4.99 Å². The Labute approximate surface area is 138 Å². The van der Waals surface area contributed by atoms with Gasteiger partial charge in [0.05, 0.1) is 0 Å². The summed E-state index contributed by atoms with van der Waals surface area (Å²) in [6.07, 6.45) is 4.96. The van der Waals surface area contributed by atoms with Crippen molar-refractivity contribution in [1.82, 2.24) is 25.4 Å². The Balaban J connectivity index is 1.92. The van der Waals surface area contributed by atoms with Crippen molar-refractivity contribution >= 4 is 5.96 Å². The maximum absolute atomic E-state index is 5.26. The summed E-state index contributed by atoms with van der Waals surface area (Å²) < 4.78 is 7.23. The van der Waals surface area contributed by atoms with Gasteiger partial charge >= 0.3 is 0 Å². The van der Waals surface area contributed by atoms with Crippen molar-refractivity contribution in [3.63, 3.8) is 0 Å². The average molecular weight is 322 g/mol. The largest absolute Gasteiger partial charge is 0.385 e. The predicted octanol–water partition coefficient (Wildman–Crippen LogP) is 1.39. The summed E-state index contributed by atoms with van der Waals surface area (Å²) in [5.41, 5.74) is 0.369. The van der Waals surface area contributed by atoms with Crippen LogP contribution in [0.4, 0.5) is 0 Å². The molecule has 0 aliphatic heterocycles. The Kier molecular flexibility index (Phi) is 6.38. The Bertz CT molecular complexity index is 521. The number of ether oxygens (including phenoxy) is 1. The van der Waals surface area contributed by atoms with E-state index >= 15 is 0 Å². The van der Waals surface area contributed by atoms with Crippen LogP contribution in [0, 0.1) is 12.3 Å². The first-order valence-electron chi connectivity index (χ1n) is 8.46. The van der Waals surface area contributed by atoms with Crippen LogP contribution in [0.2, 0.25) is 0 Å². The molecule has 1 saturated carbocycles. The van der Waals surface area contributed by atoms with Crippen LogP contribution < -0.4 is 10.6 Å². The summed E-state index contributed by atoms with van der Waals surface area (Å²) in [4.78, 5) is 4.64. The van der Waals surface area contributed by atoms with Gasteiger partial charge in [-0.15, -0.1) is 10.2 Å². The average Bonchev–Trinajstić information content (AvgIpc) is 2.82. The highest BCUT2D eigenvalue weighted by atomic mass is 16.5. The molecule has 0 radical (unpaired) electrons. The molecule has 1 fully saturated rings. The van der Waals surface area contributed by atoms with Gasteiger partial charge in [-0.3, -0.25) is 0 Å². The zero-order valence-electron chi connectivity index (χ0n) is 14.9. The van der Waals surface area contributed by atoms with Gasteiger partial charge in [-0.05, 0) is 38.5 Å². The Morgan fingerprint density at radius 2 is 2.13 bits per heavy atom. The molecule has 0 atom stereocenters. The first kappa shape index (κ1) is 17.7. The fourth-order valence-corrected chi connectivity index (χ4v) is 2.86. The summed E-state index contributed by atoms with van der Waals surface area (Å²) in [5, 5.41) is 15.0. The van der Waals surface area contributed by atoms with Gasteiger partial charge in [0.25, 0.3) is 0 Å². The molecular weight excluding hydrogens is 292 g/mol. The molecule has 1 heterocycles. The van der Waals surface area contributed by atoms with Crippen LogP contribution >= 0.6 is 0 Å². The number of aliphatic imine (C=N–C) groups is 1. The molecule has 7 nitrogen and oxygen atoms in total. The Hall–Kier alpha value is -1.63. The van der Waals surface area contributed by atoms with Crippen LogP contribution in [0.25, 0.3) is 0 Å². The first-order chi connectivity index (χ1) is 11.1. The molecule has 0 amide bonds. The molecule has 1 aromatic heterocycles. The van der Waals surface area contributed by atoms with E-state index in [1.54, 1.807) is 7.11 Å². The summed E-state index contributed by atoms with van der Waals surface area (Å²) >= 11 is 0. The second-order valence-electron chi connectivity index (χ2n) is 6.37.